The lowest BCUT2D eigenvalue weighted by molar-refractivity contribution is 0.101. The third kappa shape index (κ3) is 3.66. The first-order valence-electron chi connectivity index (χ1n) is 6.62. The number of ketones is 1. The number of Topliss-reactive ketones (excluding diaryl/α,β-unsaturated/α-hetero) is 1. The van der Waals surface area contributed by atoms with E-state index in [-0.39, 0.29) is 11.7 Å². The van der Waals surface area contributed by atoms with Crippen LogP contribution in [0.25, 0.3) is 0 Å². The second-order valence-corrected chi connectivity index (χ2v) is 4.38. The molecule has 108 valence electrons. The van der Waals surface area contributed by atoms with Gasteiger partial charge < -0.3 is 10.1 Å². The zero-order valence-electron chi connectivity index (χ0n) is 11.9. The lowest BCUT2D eigenvalue weighted by Gasteiger charge is -2.09. The Morgan fingerprint density at radius 3 is 2.52 bits per heavy atom. The van der Waals surface area contributed by atoms with Gasteiger partial charge in [-0.25, -0.2) is 4.98 Å². The summed E-state index contributed by atoms with van der Waals surface area (Å²) in [5.41, 5.74) is 1.58. The summed E-state index contributed by atoms with van der Waals surface area (Å²) in [5, 5.41) is 2.75. The van der Waals surface area contributed by atoms with E-state index in [1.165, 1.54) is 6.92 Å². The maximum atomic E-state index is 12.2. The van der Waals surface area contributed by atoms with Crippen molar-refractivity contribution in [2.75, 3.05) is 11.9 Å². The number of benzene rings is 1. The molecule has 5 heteroatoms. The number of nitrogens with one attached hydrogen (secondary N) is 1. The molecular weight excluding hydrogens is 268 g/mol. The Bertz CT molecular complexity index is 651. The second kappa shape index (κ2) is 6.65. The van der Waals surface area contributed by atoms with Crippen molar-refractivity contribution >= 4 is 17.4 Å². The highest BCUT2D eigenvalue weighted by Gasteiger charge is 2.13. The second-order valence-electron chi connectivity index (χ2n) is 4.38. The standard InChI is InChI=1S/C16H16N2O3/c1-3-21-16-14(5-4-10-17-16)15(20)18-13-8-6-12(7-9-13)11(2)19/h4-10H,3H2,1-2H3,(H,18,20). The quantitative estimate of drug-likeness (QED) is 0.857. The Labute approximate surface area is 123 Å². The highest BCUT2D eigenvalue weighted by atomic mass is 16.5. The van der Waals surface area contributed by atoms with E-state index in [2.05, 4.69) is 10.3 Å². The number of anilines is 1. The van der Waals surface area contributed by atoms with Gasteiger partial charge in [0, 0.05) is 17.4 Å². The van der Waals surface area contributed by atoms with Gasteiger partial charge in [0.2, 0.25) is 5.88 Å². The van der Waals surface area contributed by atoms with E-state index in [0.717, 1.165) is 0 Å². The third-order valence-electron chi connectivity index (χ3n) is 2.85. The van der Waals surface area contributed by atoms with E-state index in [1.807, 2.05) is 6.92 Å². The van der Waals surface area contributed by atoms with E-state index in [4.69, 9.17) is 4.74 Å². The molecule has 5 nitrogen and oxygen atoms in total. The summed E-state index contributed by atoms with van der Waals surface area (Å²) < 4.78 is 5.33. The molecule has 1 N–H and O–H groups in total. The summed E-state index contributed by atoms with van der Waals surface area (Å²) in [6.07, 6.45) is 1.57. The number of hydrogen-bond donors (Lipinski definition) is 1. The molecule has 1 aromatic heterocycles. The SMILES string of the molecule is CCOc1ncccc1C(=O)Nc1ccc(C(C)=O)cc1. The molecule has 1 amide bonds. The van der Waals surface area contributed by atoms with Gasteiger partial charge in [-0.3, -0.25) is 9.59 Å². The van der Waals surface area contributed by atoms with Gasteiger partial charge in [-0.1, -0.05) is 0 Å². The van der Waals surface area contributed by atoms with Crippen LogP contribution in [0.2, 0.25) is 0 Å². The molecular formula is C16H16N2O3. The fourth-order valence-corrected chi connectivity index (χ4v) is 1.80. The van der Waals surface area contributed by atoms with Crippen molar-refractivity contribution < 1.29 is 14.3 Å². The van der Waals surface area contributed by atoms with Crippen LogP contribution in [0, 0.1) is 0 Å². The van der Waals surface area contributed by atoms with Gasteiger partial charge in [0.25, 0.3) is 5.91 Å². The smallest absolute Gasteiger partial charge is 0.261 e. The summed E-state index contributed by atoms with van der Waals surface area (Å²) in [4.78, 5) is 27.5. The van der Waals surface area contributed by atoms with Gasteiger partial charge in [0.1, 0.15) is 5.56 Å². The molecule has 0 unspecified atom stereocenters. The molecule has 1 aromatic carbocycles. The average molecular weight is 284 g/mol. The molecule has 0 aliphatic rings. The minimum atomic E-state index is -0.304. The molecule has 21 heavy (non-hydrogen) atoms. The molecule has 0 radical (unpaired) electrons. The van der Waals surface area contributed by atoms with Crippen molar-refractivity contribution in [2.24, 2.45) is 0 Å². The van der Waals surface area contributed by atoms with Crippen molar-refractivity contribution in [3.8, 4) is 5.88 Å². The molecule has 0 atom stereocenters. The molecule has 0 saturated heterocycles. The van der Waals surface area contributed by atoms with E-state index in [1.54, 1.807) is 42.6 Å². The molecule has 1 heterocycles. The van der Waals surface area contributed by atoms with E-state index in [0.29, 0.717) is 29.3 Å². The normalized spacial score (nSPS) is 10.0. The van der Waals surface area contributed by atoms with Gasteiger partial charge in [-0.15, -0.1) is 0 Å². The van der Waals surface area contributed by atoms with Crippen LogP contribution in [0.3, 0.4) is 0 Å². The Morgan fingerprint density at radius 2 is 1.90 bits per heavy atom. The molecule has 0 aliphatic heterocycles. The molecule has 0 fully saturated rings. The van der Waals surface area contributed by atoms with Gasteiger partial charge >= 0.3 is 0 Å². The van der Waals surface area contributed by atoms with Crippen molar-refractivity contribution in [1.82, 2.24) is 4.98 Å². The number of carbonyl (C=O) groups excluding carboxylic acids is 2. The maximum absolute atomic E-state index is 12.2. The monoisotopic (exact) mass is 284 g/mol. The lowest BCUT2D eigenvalue weighted by atomic mass is 10.1. The number of rotatable bonds is 5. The number of ether oxygens (including phenoxy) is 1. The summed E-state index contributed by atoms with van der Waals surface area (Å²) in [6, 6.07) is 10.0. The van der Waals surface area contributed by atoms with Crippen LogP contribution >= 0.6 is 0 Å². The Kier molecular flexibility index (Phi) is 4.66. The van der Waals surface area contributed by atoms with Gasteiger partial charge in [0.15, 0.2) is 5.78 Å². The molecule has 2 rings (SSSR count). The fourth-order valence-electron chi connectivity index (χ4n) is 1.80. The van der Waals surface area contributed by atoms with Crippen LogP contribution in [0.4, 0.5) is 5.69 Å². The van der Waals surface area contributed by atoms with Crippen molar-refractivity contribution in [3.05, 3.63) is 53.7 Å². The first-order chi connectivity index (χ1) is 10.1. The molecule has 0 aliphatic carbocycles. The number of hydrogen-bond acceptors (Lipinski definition) is 4. The minimum Gasteiger partial charge on any atom is -0.477 e. The summed E-state index contributed by atoms with van der Waals surface area (Å²) in [6.45, 7) is 3.76. The van der Waals surface area contributed by atoms with Crippen LogP contribution in [0.1, 0.15) is 34.6 Å². The van der Waals surface area contributed by atoms with Gasteiger partial charge in [-0.2, -0.15) is 0 Å². The van der Waals surface area contributed by atoms with Crippen LogP contribution in [0.5, 0.6) is 5.88 Å². The largest absolute Gasteiger partial charge is 0.477 e. The van der Waals surface area contributed by atoms with Crippen LogP contribution < -0.4 is 10.1 Å². The zero-order valence-corrected chi connectivity index (χ0v) is 11.9. The van der Waals surface area contributed by atoms with E-state index < -0.39 is 0 Å². The zero-order chi connectivity index (χ0) is 15.2. The predicted octanol–water partition coefficient (Wildman–Crippen LogP) is 2.94. The number of aromatic nitrogens is 1. The predicted molar refractivity (Wildman–Crippen MR) is 79.8 cm³/mol. The first-order valence-corrected chi connectivity index (χ1v) is 6.62. The Balaban J connectivity index is 2.16. The molecule has 0 spiro atoms. The topological polar surface area (TPSA) is 68.3 Å². The van der Waals surface area contributed by atoms with Crippen LogP contribution in [-0.2, 0) is 0 Å². The van der Waals surface area contributed by atoms with Gasteiger partial charge in [0.05, 0.1) is 6.61 Å². The number of amides is 1. The maximum Gasteiger partial charge on any atom is 0.261 e. The van der Waals surface area contributed by atoms with Crippen LogP contribution in [0.15, 0.2) is 42.6 Å². The highest BCUT2D eigenvalue weighted by Crippen LogP contribution is 2.17. The molecule has 2 aromatic rings. The van der Waals surface area contributed by atoms with Gasteiger partial charge in [-0.05, 0) is 50.2 Å². The minimum absolute atomic E-state index is 0.0150. The summed E-state index contributed by atoms with van der Waals surface area (Å²) in [7, 11) is 0. The van der Waals surface area contributed by atoms with E-state index >= 15 is 0 Å². The number of carbonyl (C=O) groups is 2. The summed E-state index contributed by atoms with van der Waals surface area (Å²) >= 11 is 0. The number of pyridine rings is 1. The van der Waals surface area contributed by atoms with Crippen molar-refractivity contribution in [3.63, 3.8) is 0 Å². The van der Waals surface area contributed by atoms with Crippen molar-refractivity contribution in [1.29, 1.82) is 0 Å². The lowest BCUT2D eigenvalue weighted by Crippen LogP contribution is -2.14. The Morgan fingerprint density at radius 1 is 1.19 bits per heavy atom. The summed E-state index contributed by atoms with van der Waals surface area (Å²) in [5.74, 6) is -0.0150. The average Bonchev–Trinajstić information content (AvgIpc) is 2.48. The molecule has 0 bridgehead atoms. The highest BCUT2D eigenvalue weighted by molar-refractivity contribution is 6.06. The third-order valence-corrected chi connectivity index (χ3v) is 2.85. The fraction of sp³-hybridized carbons (Fsp3) is 0.188. The number of nitrogens with zero attached hydrogens (tertiary/aromatic N) is 1. The first kappa shape index (κ1) is 14.7. The van der Waals surface area contributed by atoms with Crippen molar-refractivity contribution in [2.45, 2.75) is 13.8 Å². The Hall–Kier alpha value is -2.69. The van der Waals surface area contributed by atoms with E-state index in [9.17, 15) is 9.59 Å². The molecule has 0 saturated carbocycles. The van der Waals surface area contributed by atoms with Crippen LogP contribution in [-0.4, -0.2) is 23.3 Å².